The molecular weight excluding hydrogens is 239 g/mol. The third kappa shape index (κ3) is 3.71. The summed E-state index contributed by atoms with van der Waals surface area (Å²) in [6.45, 7) is 0.676. The zero-order chi connectivity index (χ0) is 10.7. The Labute approximate surface area is 121 Å². The second kappa shape index (κ2) is 6.56. The second-order valence-electron chi connectivity index (χ2n) is 3.30. The van der Waals surface area contributed by atoms with Crippen LogP contribution in [0.1, 0.15) is 19.3 Å². The first-order valence-electron chi connectivity index (χ1n) is 4.80. The maximum absolute atomic E-state index is 11.4. The molecule has 1 saturated heterocycles. The fraction of sp³-hybridized carbons (Fsp3) is 0.556. The number of rotatable bonds is 2. The number of nitrogens with zero attached hydrogens (tertiary/aromatic N) is 1. The van der Waals surface area contributed by atoms with Crippen LogP contribution >= 0.6 is 0 Å². The molecule has 2 rings (SSSR count). The fourth-order valence-corrected chi connectivity index (χ4v) is 1.54. The zero-order valence-corrected chi connectivity index (χ0v) is 11.9. The van der Waals surface area contributed by atoms with E-state index in [-0.39, 0.29) is 52.3 Å². The zero-order valence-electron chi connectivity index (χ0n) is 9.06. The molecule has 7 heteroatoms. The number of nitrogens with one attached hydrogen (secondary N) is 1. The van der Waals surface area contributed by atoms with Crippen LogP contribution in [0.3, 0.4) is 0 Å². The van der Waals surface area contributed by atoms with E-state index in [1.807, 2.05) is 0 Å². The van der Waals surface area contributed by atoms with Gasteiger partial charge in [-0.25, -0.2) is 0 Å². The van der Waals surface area contributed by atoms with Gasteiger partial charge in [0.2, 0.25) is 5.75 Å². The van der Waals surface area contributed by atoms with Crippen molar-refractivity contribution in [3.63, 3.8) is 0 Å². The van der Waals surface area contributed by atoms with Crippen LogP contribution in [0.4, 0.5) is 0 Å². The van der Waals surface area contributed by atoms with Gasteiger partial charge in [0.05, 0.1) is 12.8 Å². The molecule has 1 fully saturated rings. The van der Waals surface area contributed by atoms with Crippen molar-refractivity contribution in [2.45, 2.75) is 30.7 Å². The average Bonchev–Trinajstić information content (AvgIpc) is 2.24. The Morgan fingerprint density at radius 1 is 1.56 bits per heavy atom. The quantitative estimate of drug-likeness (QED) is 0.360. The van der Waals surface area contributed by atoms with Crippen molar-refractivity contribution in [2.75, 3.05) is 6.61 Å². The van der Waals surface area contributed by atoms with Gasteiger partial charge in [0.15, 0.2) is 6.29 Å². The predicted octanol–water partition coefficient (Wildman–Crippen LogP) is -2.41. The van der Waals surface area contributed by atoms with E-state index in [1.165, 1.54) is 6.20 Å². The minimum absolute atomic E-state index is 0. The van der Waals surface area contributed by atoms with Gasteiger partial charge in [-0.2, -0.15) is 0 Å². The standard InChI is InChI=1S/C9H12N2O3S.Na/c12-8-6(5-10-9(15)11-8)14-7-3-1-2-4-13-7;/h5,7H,1-4H2,(H2,10,11,12,15);/q;+1/p-1. The van der Waals surface area contributed by atoms with E-state index in [0.717, 1.165) is 19.3 Å². The maximum atomic E-state index is 11.4. The normalized spacial score (nSPS) is 19.9. The van der Waals surface area contributed by atoms with Gasteiger partial charge in [-0.3, -0.25) is 9.78 Å². The molecule has 1 aliphatic rings. The van der Waals surface area contributed by atoms with Crippen LogP contribution in [0.2, 0.25) is 0 Å². The average molecular weight is 250 g/mol. The van der Waals surface area contributed by atoms with Crippen molar-refractivity contribution in [1.82, 2.24) is 9.97 Å². The smallest absolute Gasteiger partial charge is 0.742 e. The Hall–Kier alpha value is -0.140. The van der Waals surface area contributed by atoms with Gasteiger partial charge in [-0.1, -0.05) is 0 Å². The molecule has 1 aromatic rings. The first-order valence-corrected chi connectivity index (χ1v) is 5.21. The largest absolute Gasteiger partial charge is 1.00 e. The van der Waals surface area contributed by atoms with Gasteiger partial charge in [0.1, 0.15) is 0 Å². The SMILES string of the molecule is O=c1[nH]c([S-])ncc1OC1CCCCO1.[Na+]. The van der Waals surface area contributed by atoms with Gasteiger partial charge < -0.3 is 27.1 Å². The summed E-state index contributed by atoms with van der Waals surface area (Å²) in [7, 11) is 0. The van der Waals surface area contributed by atoms with Gasteiger partial charge in [0.25, 0.3) is 5.56 Å². The first-order chi connectivity index (χ1) is 7.25. The number of hydrogen-bond donors (Lipinski definition) is 1. The van der Waals surface area contributed by atoms with Gasteiger partial charge in [-0.15, -0.1) is 0 Å². The number of aromatic nitrogens is 2. The molecule has 5 nitrogen and oxygen atoms in total. The molecule has 0 bridgehead atoms. The van der Waals surface area contributed by atoms with Crippen LogP contribution in [-0.4, -0.2) is 22.9 Å². The van der Waals surface area contributed by atoms with Crippen LogP contribution in [0.5, 0.6) is 5.75 Å². The Bertz CT molecular complexity index is 393. The van der Waals surface area contributed by atoms with Crippen molar-refractivity contribution in [2.24, 2.45) is 0 Å². The van der Waals surface area contributed by atoms with E-state index in [4.69, 9.17) is 22.1 Å². The fourth-order valence-electron chi connectivity index (χ4n) is 1.40. The van der Waals surface area contributed by atoms with Crippen LogP contribution in [0.25, 0.3) is 0 Å². The topological polar surface area (TPSA) is 64.2 Å². The van der Waals surface area contributed by atoms with Crippen molar-refractivity contribution in [1.29, 1.82) is 0 Å². The van der Waals surface area contributed by atoms with E-state index in [2.05, 4.69) is 9.97 Å². The molecule has 16 heavy (non-hydrogen) atoms. The van der Waals surface area contributed by atoms with Crippen molar-refractivity contribution in [3.8, 4) is 5.75 Å². The molecule has 1 N–H and O–H groups in total. The summed E-state index contributed by atoms with van der Waals surface area (Å²) in [6, 6.07) is 0. The number of ether oxygens (including phenoxy) is 2. The van der Waals surface area contributed by atoms with Gasteiger partial charge >= 0.3 is 29.6 Å². The molecule has 0 amide bonds. The number of aromatic amines is 1. The summed E-state index contributed by atoms with van der Waals surface area (Å²) < 4.78 is 10.7. The molecule has 1 atom stereocenters. The van der Waals surface area contributed by atoms with E-state index in [9.17, 15) is 4.79 Å². The number of hydrogen-bond acceptors (Lipinski definition) is 5. The third-order valence-electron chi connectivity index (χ3n) is 2.14. The Morgan fingerprint density at radius 2 is 2.38 bits per heavy atom. The van der Waals surface area contributed by atoms with Crippen LogP contribution in [0.15, 0.2) is 16.1 Å². The van der Waals surface area contributed by atoms with Crippen molar-refractivity contribution < 1.29 is 39.0 Å². The van der Waals surface area contributed by atoms with Gasteiger partial charge in [0, 0.05) is 6.42 Å². The molecular formula is C9H11N2NaO3S. The Morgan fingerprint density at radius 3 is 3.00 bits per heavy atom. The number of H-pyrrole nitrogens is 1. The van der Waals surface area contributed by atoms with Crippen LogP contribution < -0.4 is 39.9 Å². The molecule has 0 saturated carbocycles. The van der Waals surface area contributed by atoms with Gasteiger partial charge in [-0.05, 0) is 18.0 Å². The first kappa shape index (κ1) is 13.9. The molecule has 0 aliphatic carbocycles. The second-order valence-corrected chi connectivity index (χ2v) is 3.68. The van der Waals surface area contributed by atoms with E-state index < -0.39 is 0 Å². The summed E-state index contributed by atoms with van der Waals surface area (Å²) in [5.41, 5.74) is -0.357. The van der Waals surface area contributed by atoms with Crippen LogP contribution in [0, 0.1) is 0 Å². The van der Waals surface area contributed by atoms with Crippen molar-refractivity contribution >= 4 is 12.6 Å². The van der Waals surface area contributed by atoms with E-state index in [0.29, 0.717) is 6.61 Å². The molecule has 0 radical (unpaired) electrons. The summed E-state index contributed by atoms with van der Waals surface area (Å²) in [5.74, 6) is 0.163. The molecule has 0 spiro atoms. The summed E-state index contributed by atoms with van der Waals surface area (Å²) in [4.78, 5) is 17.6. The molecule has 1 aromatic heterocycles. The van der Waals surface area contributed by atoms with E-state index >= 15 is 0 Å². The maximum Gasteiger partial charge on any atom is 1.00 e. The minimum atomic E-state index is -0.357. The summed E-state index contributed by atoms with van der Waals surface area (Å²) in [5, 5.41) is 0.164. The van der Waals surface area contributed by atoms with Crippen LogP contribution in [-0.2, 0) is 17.4 Å². The third-order valence-corrected chi connectivity index (χ3v) is 2.35. The molecule has 2 heterocycles. The molecule has 82 valence electrons. The Kier molecular flexibility index (Phi) is 5.71. The molecule has 1 aliphatic heterocycles. The minimum Gasteiger partial charge on any atom is -0.742 e. The summed E-state index contributed by atoms with van der Waals surface area (Å²) in [6.07, 6.45) is 3.89. The monoisotopic (exact) mass is 250 g/mol. The molecule has 1 unspecified atom stereocenters. The van der Waals surface area contributed by atoms with E-state index in [1.54, 1.807) is 0 Å². The predicted molar refractivity (Wildman–Crippen MR) is 54.7 cm³/mol. The van der Waals surface area contributed by atoms with Crippen molar-refractivity contribution in [3.05, 3.63) is 16.6 Å². The summed E-state index contributed by atoms with van der Waals surface area (Å²) >= 11 is 4.71. The molecule has 0 aromatic carbocycles. The Balaban J connectivity index is 0.00000128.